The van der Waals surface area contributed by atoms with Crippen LogP contribution in [0.5, 0.6) is 0 Å². The number of hydrogen-bond donors (Lipinski definition) is 0. The topological polar surface area (TPSA) is 13.1 Å². The Morgan fingerprint density at radius 3 is 2.88 bits per heavy atom. The maximum Gasteiger partial charge on any atom is 0.126 e. The van der Waals surface area contributed by atoms with Crippen LogP contribution in [0.4, 0.5) is 0 Å². The zero-order valence-corrected chi connectivity index (χ0v) is 9.26. The Labute approximate surface area is 100 Å². The first-order valence-electron chi connectivity index (χ1n) is 5.53. The Morgan fingerprint density at radius 2 is 2.00 bits per heavy atom. The molecule has 3 aromatic rings. The van der Waals surface area contributed by atoms with Crippen molar-refractivity contribution in [2.75, 3.05) is 0 Å². The molecule has 0 saturated heterocycles. The molecule has 81 valence electrons. The van der Waals surface area contributed by atoms with Crippen LogP contribution in [0.3, 0.4) is 0 Å². The van der Waals surface area contributed by atoms with Crippen LogP contribution in [-0.2, 0) is 0 Å². The summed E-state index contributed by atoms with van der Waals surface area (Å²) in [6.45, 7) is 0. The van der Waals surface area contributed by atoms with Crippen LogP contribution in [-0.4, -0.2) is 0 Å². The van der Waals surface area contributed by atoms with E-state index in [9.17, 15) is 0 Å². The summed E-state index contributed by atoms with van der Waals surface area (Å²) in [4.78, 5) is 0. The van der Waals surface area contributed by atoms with Gasteiger partial charge in [-0.05, 0) is 52.7 Å². The molecule has 0 aliphatic rings. The largest absolute Gasteiger partial charge is 0.465 e. The fourth-order valence-electron chi connectivity index (χ4n) is 1.81. The molecule has 2 aromatic carbocycles. The molecule has 0 atom stereocenters. The van der Waals surface area contributed by atoms with Crippen molar-refractivity contribution in [2.45, 2.75) is 0 Å². The Balaban J connectivity index is 1.96. The summed E-state index contributed by atoms with van der Waals surface area (Å²) in [6, 6.07) is 19.2. The zero-order chi connectivity index (χ0) is 11.5. The van der Waals surface area contributed by atoms with Crippen LogP contribution < -0.4 is 0 Å². The highest BCUT2D eigenvalue weighted by Crippen LogP contribution is 2.17. The molecule has 1 nitrogen and oxygen atoms in total. The predicted octanol–water partition coefficient (Wildman–Crippen LogP) is 4.40. The zero-order valence-electron chi connectivity index (χ0n) is 9.26. The van der Waals surface area contributed by atoms with Gasteiger partial charge in [0.1, 0.15) is 5.76 Å². The van der Waals surface area contributed by atoms with Crippen LogP contribution in [0.2, 0.25) is 0 Å². The summed E-state index contributed by atoms with van der Waals surface area (Å²) >= 11 is 0. The third kappa shape index (κ3) is 2.13. The van der Waals surface area contributed by atoms with Crippen LogP contribution in [0.15, 0.2) is 59.2 Å². The summed E-state index contributed by atoms with van der Waals surface area (Å²) in [6.07, 6.45) is 5.70. The third-order valence-corrected chi connectivity index (χ3v) is 2.69. The van der Waals surface area contributed by atoms with Gasteiger partial charge < -0.3 is 4.42 Å². The molecule has 0 spiro atoms. The van der Waals surface area contributed by atoms with Gasteiger partial charge in [0.05, 0.1) is 6.26 Å². The molecule has 0 amide bonds. The number of benzene rings is 2. The van der Waals surface area contributed by atoms with Crippen molar-refractivity contribution in [1.29, 1.82) is 0 Å². The van der Waals surface area contributed by atoms with Gasteiger partial charge in [-0.3, -0.25) is 0 Å². The van der Waals surface area contributed by atoms with Crippen LogP contribution >= 0.6 is 0 Å². The van der Waals surface area contributed by atoms with Crippen LogP contribution in [0, 0.1) is 6.07 Å². The molecule has 0 aliphatic heterocycles. The van der Waals surface area contributed by atoms with Crippen LogP contribution in [0.25, 0.3) is 22.9 Å². The highest BCUT2D eigenvalue weighted by molar-refractivity contribution is 5.85. The van der Waals surface area contributed by atoms with E-state index in [0.29, 0.717) is 0 Å². The van der Waals surface area contributed by atoms with E-state index in [2.05, 4.69) is 36.4 Å². The van der Waals surface area contributed by atoms with E-state index < -0.39 is 0 Å². The SMILES string of the molecule is [c]1ccc2cc(/C=C/c3ccco3)ccc2c1. The maximum absolute atomic E-state index is 5.25. The van der Waals surface area contributed by atoms with Gasteiger partial charge >= 0.3 is 0 Å². The summed E-state index contributed by atoms with van der Waals surface area (Å²) in [5, 5.41) is 2.44. The molecule has 0 bridgehead atoms. The number of furan rings is 1. The Bertz CT molecular complexity index is 648. The molecule has 0 unspecified atom stereocenters. The van der Waals surface area contributed by atoms with E-state index in [1.807, 2.05) is 30.3 Å². The Hall–Kier alpha value is -2.28. The summed E-state index contributed by atoms with van der Waals surface area (Å²) in [5.74, 6) is 0.867. The number of hydrogen-bond acceptors (Lipinski definition) is 1. The maximum atomic E-state index is 5.25. The second-order valence-electron chi connectivity index (χ2n) is 3.88. The van der Waals surface area contributed by atoms with Crippen molar-refractivity contribution >= 4 is 22.9 Å². The molecule has 1 heterocycles. The van der Waals surface area contributed by atoms with Crippen molar-refractivity contribution in [3.8, 4) is 0 Å². The van der Waals surface area contributed by atoms with E-state index in [0.717, 1.165) is 5.76 Å². The monoisotopic (exact) mass is 219 g/mol. The van der Waals surface area contributed by atoms with Gasteiger partial charge in [-0.15, -0.1) is 0 Å². The molecule has 0 aliphatic carbocycles. The van der Waals surface area contributed by atoms with Gasteiger partial charge in [-0.2, -0.15) is 0 Å². The average molecular weight is 219 g/mol. The summed E-state index contributed by atoms with van der Waals surface area (Å²) in [5.41, 5.74) is 1.17. The molecule has 0 N–H and O–H groups in total. The first-order valence-corrected chi connectivity index (χ1v) is 5.53. The second-order valence-corrected chi connectivity index (χ2v) is 3.88. The molecule has 1 radical (unpaired) electrons. The number of fused-ring (bicyclic) bond motifs is 1. The normalized spacial score (nSPS) is 11.3. The van der Waals surface area contributed by atoms with Crippen LogP contribution in [0.1, 0.15) is 11.3 Å². The standard InChI is InChI=1S/C16H11O/c1-2-5-15-12-13(7-9-14(15)4-1)8-10-16-6-3-11-17-16/h2-12H/b10-8+. The fraction of sp³-hybridized carbons (Fsp3) is 0. The van der Waals surface area contributed by atoms with Gasteiger partial charge in [0.2, 0.25) is 0 Å². The van der Waals surface area contributed by atoms with Crippen molar-refractivity contribution < 1.29 is 4.42 Å². The van der Waals surface area contributed by atoms with E-state index in [1.165, 1.54) is 16.3 Å². The predicted molar refractivity (Wildman–Crippen MR) is 70.4 cm³/mol. The lowest BCUT2D eigenvalue weighted by Crippen LogP contribution is -1.75. The molecular weight excluding hydrogens is 208 g/mol. The van der Waals surface area contributed by atoms with Crippen molar-refractivity contribution in [3.05, 3.63) is 72.2 Å². The molecule has 0 fully saturated rings. The van der Waals surface area contributed by atoms with E-state index in [4.69, 9.17) is 4.42 Å². The van der Waals surface area contributed by atoms with E-state index in [-0.39, 0.29) is 0 Å². The first kappa shape index (κ1) is 9.91. The Morgan fingerprint density at radius 1 is 1.00 bits per heavy atom. The molecule has 1 aromatic heterocycles. The van der Waals surface area contributed by atoms with E-state index in [1.54, 1.807) is 6.26 Å². The molecule has 17 heavy (non-hydrogen) atoms. The van der Waals surface area contributed by atoms with Gasteiger partial charge in [0, 0.05) is 0 Å². The van der Waals surface area contributed by atoms with Gasteiger partial charge in [-0.25, -0.2) is 0 Å². The first-order chi connectivity index (χ1) is 8.42. The van der Waals surface area contributed by atoms with Gasteiger partial charge in [-0.1, -0.05) is 30.3 Å². The minimum Gasteiger partial charge on any atom is -0.465 e. The van der Waals surface area contributed by atoms with Crippen molar-refractivity contribution in [1.82, 2.24) is 0 Å². The summed E-state index contributed by atoms with van der Waals surface area (Å²) < 4.78 is 5.25. The smallest absolute Gasteiger partial charge is 0.126 e. The molecule has 1 heteroatoms. The minimum absolute atomic E-state index is 0.867. The highest BCUT2D eigenvalue weighted by atomic mass is 16.3. The molecule has 3 rings (SSSR count). The highest BCUT2D eigenvalue weighted by Gasteiger charge is 1.93. The fourth-order valence-corrected chi connectivity index (χ4v) is 1.81. The average Bonchev–Trinajstić information content (AvgIpc) is 2.89. The third-order valence-electron chi connectivity index (χ3n) is 2.69. The lowest BCUT2D eigenvalue weighted by atomic mass is 10.1. The summed E-state index contributed by atoms with van der Waals surface area (Å²) in [7, 11) is 0. The lowest BCUT2D eigenvalue weighted by Gasteiger charge is -1.98. The van der Waals surface area contributed by atoms with Gasteiger partial charge in [0.25, 0.3) is 0 Å². The minimum atomic E-state index is 0.867. The van der Waals surface area contributed by atoms with Gasteiger partial charge in [0.15, 0.2) is 0 Å². The van der Waals surface area contributed by atoms with Crippen molar-refractivity contribution in [3.63, 3.8) is 0 Å². The quantitative estimate of drug-likeness (QED) is 0.622. The second kappa shape index (κ2) is 4.30. The Kier molecular flexibility index (Phi) is 2.51. The molecule has 0 saturated carbocycles. The lowest BCUT2D eigenvalue weighted by molar-refractivity contribution is 0.557. The number of rotatable bonds is 2. The molecular formula is C16H11O. The van der Waals surface area contributed by atoms with Crippen molar-refractivity contribution in [2.24, 2.45) is 0 Å². The van der Waals surface area contributed by atoms with E-state index >= 15 is 0 Å².